The van der Waals surface area contributed by atoms with Gasteiger partial charge in [0.1, 0.15) is 12.2 Å². The number of furan rings is 1. The third-order valence-corrected chi connectivity index (χ3v) is 6.59. The van der Waals surface area contributed by atoms with Crippen LogP contribution in [0.1, 0.15) is 22.3 Å². The number of benzene rings is 2. The number of esters is 1. The number of fused-ring (bicyclic) bond motifs is 5. The minimum atomic E-state index is -0.324. The van der Waals surface area contributed by atoms with Crippen LogP contribution < -0.4 is 4.90 Å². The molecular formula is C25H23N3O3. The molecule has 0 radical (unpaired) electrons. The standard InChI is InChI=1S/C25H23N3O3/c1-27(2)16-10-12-28(13-16)22-19(15-7-4-3-5-8-15)18-14-30-25(29)21(18)23-20(22)17-9-6-11-26-24(17)31-23/h3-9,11,16H,10,12-14H2,1-2H3/t16-/m0/s1. The Morgan fingerprint density at radius 3 is 2.71 bits per heavy atom. The highest BCUT2D eigenvalue weighted by Crippen LogP contribution is 2.49. The molecule has 1 fully saturated rings. The number of carbonyl (C=O) groups is 1. The van der Waals surface area contributed by atoms with E-state index in [1.165, 1.54) is 0 Å². The van der Waals surface area contributed by atoms with Gasteiger partial charge in [-0.05, 0) is 38.2 Å². The highest BCUT2D eigenvalue weighted by molar-refractivity contribution is 6.21. The van der Waals surface area contributed by atoms with Gasteiger partial charge in [-0.25, -0.2) is 9.78 Å². The van der Waals surface area contributed by atoms with Crippen molar-refractivity contribution >= 4 is 33.7 Å². The monoisotopic (exact) mass is 413 g/mol. The third-order valence-electron chi connectivity index (χ3n) is 6.59. The first-order valence-electron chi connectivity index (χ1n) is 10.6. The number of hydrogen-bond acceptors (Lipinski definition) is 6. The number of ether oxygens (including phenoxy) is 1. The second-order valence-corrected chi connectivity index (χ2v) is 8.53. The molecule has 1 atom stereocenters. The normalized spacial score (nSPS) is 18.4. The van der Waals surface area contributed by atoms with E-state index < -0.39 is 0 Å². The number of likely N-dealkylation sites (N-methyl/N-ethyl adjacent to an activating group) is 1. The summed E-state index contributed by atoms with van der Waals surface area (Å²) in [6.45, 7) is 2.12. The smallest absolute Gasteiger partial charge is 0.342 e. The Kier molecular flexibility index (Phi) is 4.05. The van der Waals surface area contributed by atoms with Crippen LogP contribution in [0.15, 0.2) is 53.1 Å². The molecule has 0 aliphatic carbocycles. The van der Waals surface area contributed by atoms with Crippen molar-refractivity contribution in [3.8, 4) is 11.1 Å². The van der Waals surface area contributed by atoms with Gasteiger partial charge in [-0.1, -0.05) is 30.3 Å². The molecule has 0 spiro atoms. The summed E-state index contributed by atoms with van der Waals surface area (Å²) >= 11 is 0. The van der Waals surface area contributed by atoms with E-state index >= 15 is 0 Å². The van der Waals surface area contributed by atoms with Gasteiger partial charge in [-0.3, -0.25) is 0 Å². The van der Waals surface area contributed by atoms with Gasteiger partial charge in [-0.2, -0.15) is 0 Å². The number of cyclic esters (lactones) is 1. The minimum absolute atomic E-state index is 0.261. The van der Waals surface area contributed by atoms with Gasteiger partial charge < -0.3 is 19.0 Å². The molecule has 2 aliphatic heterocycles. The first-order chi connectivity index (χ1) is 15.1. The number of rotatable bonds is 3. The lowest BCUT2D eigenvalue weighted by molar-refractivity contribution is 0.0536. The minimum Gasteiger partial charge on any atom is -0.457 e. The molecule has 156 valence electrons. The molecule has 4 heterocycles. The van der Waals surface area contributed by atoms with Crippen molar-refractivity contribution in [3.63, 3.8) is 0 Å². The molecule has 2 aromatic heterocycles. The highest BCUT2D eigenvalue weighted by Gasteiger charge is 2.37. The number of aromatic nitrogens is 1. The summed E-state index contributed by atoms with van der Waals surface area (Å²) in [5.41, 5.74) is 5.86. The van der Waals surface area contributed by atoms with E-state index in [9.17, 15) is 4.79 Å². The molecule has 0 amide bonds. The lowest BCUT2D eigenvalue weighted by Crippen LogP contribution is -2.31. The predicted octanol–water partition coefficient (Wildman–Crippen LogP) is 4.46. The number of carbonyl (C=O) groups excluding carboxylic acids is 1. The van der Waals surface area contributed by atoms with Crippen molar-refractivity contribution in [1.29, 1.82) is 0 Å². The van der Waals surface area contributed by atoms with Gasteiger partial charge in [0.05, 0.1) is 16.5 Å². The molecule has 0 saturated carbocycles. The predicted molar refractivity (Wildman–Crippen MR) is 120 cm³/mol. The lowest BCUT2D eigenvalue weighted by atomic mass is 9.91. The fourth-order valence-electron chi connectivity index (χ4n) is 5.04. The van der Waals surface area contributed by atoms with Crippen LogP contribution in [-0.4, -0.2) is 49.1 Å². The molecule has 4 aromatic rings. The van der Waals surface area contributed by atoms with Crippen LogP contribution in [0.3, 0.4) is 0 Å². The van der Waals surface area contributed by atoms with Gasteiger partial charge in [0.25, 0.3) is 0 Å². The van der Waals surface area contributed by atoms with E-state index in [4.69, 9.17) is 9.15 Å². The first-order valence-corrected chi connectivity index (χ1v) is 10.6. The highest BCUT2D eigenvalue weighted by atomic mass is 16.5. The van der Waals surface area contributed by atoms with Gasteiger partial charge in [0.15, 0.2) is 5.58 Å². The SMILES string of the molecule is CN(C)[C@H]1CCN(c2c(-c3ccccc3)c3c(c4oc5ncccc5c24)C(=O)OC3)C1. The first kappa shape index (κ1) is 18.4. The van der Waals surface area contributed by atoms with Crippen molar-refractivity contribution in [2.75, 3.05) is 32.1 Å². The van der Waals surface area contributed by atoms with E-state index in [0.717, 1.165) is 52.7 Å². The topological polar surface area (TPSA) is 58.8 Å². The number of pyridine rings is 1. The second kappa shape index (κ2) is 6.82. The maximum atomic E-state index is 12.8. The maximum Gasteiger partial charge on any atom is 0.342 e. The number of hydrogen-bond donors (Lipinski definition) is 0. The molecule has 6 nitrogen and oxygen atoms in total. The molecule has 0 bridgehead atoms. The van der Waals surface area contributed by atoms with Gasteiger partial charge in [0.2, 0.25) is 5.71 Å². The van der Waals surface area contributed by atoms with Crippen LogP contribution >= 0.6 is 0 Å². The summed E-state index contributed by atoms with van der Waals surface area (Å²) in [5.74, 6) is -0.324. The third kappa shape index (κ3) is 2.68. The van der Waals surface area contributed by atoms with Gasteiger partial charge in [-0.15, -0.1) is 0 Å². The second-order valence-electron chi connectivity index (χ2n) is 8.53. The quantitative estimate of drug-likeness (QED) is 0.462. The molecule has 6 heteroatoms. The maximum absolute atomic E-state index is 12.8. The van der Waals surface area contributed by atoms with Crippen LogP contribution in [0.25, 0.3) is 33.2 Å². The van der Waals surface area contributed by atoms with E-state index in [1.54, 1.807) is 6.20 Å². The van der Waals surface area contributed by atoms with Crippen molar-refractivity contribution in [2.45, 2.75) is 19.1 Å². The summed E-state index contributed by atoms with van der Waals surface area (Å²) in [7, 11) is 4.27. The summed E-state index contributed by atoms with van der Waals surface area (Å²) in [5, 5.41) is 1.89. The zero-order valence-electron chi connectivity index (χ0n) is 17.6. The summed E-state index contributed by atoms with van der Waals surface area (Å²) in [4.78, 5) is 22.0. The van der Waals surface area contributed by atoms with Crippen LogP contribution in [0, 0.1) is 0 Å². The Labute approximate surface area is 180 Å². The Bertz CT molecular complexity index is 1330. The van der Waals surface area contributed by atoms with Crippen molar-refractivity contribution in [2.24, 2.45) is 0 Å². The molecule has 0 N–H and O–H groups in total. The Hall–Kier alpha value is -3.38. The van der Waals surface area contributed by atoms with Crippen LogP contribution in [0.5, 0.6) is 0 Å². The molecule has 1 saturated heterocycles. The molecule has 0 unspecified atom stereocenters. The Balaban J connectivity index is 1.75. The van der Waals surface area contributed by atoms with Crippen LogP contribution in [0.4, 0.5) is 5.69 Å². The summed E-state index contributed by atoms with van der Waals surface area (Å²) in [6.07, 6.45) is 2.81. The van der Waals surface area contributed by atoms with Crippen LogP contribution in [0.2, 0.25) is 0 Å². The fourth-order valence-corrected chi connectivity index (χ4v) is 5.04. The van der Waals surface area contributed by atoms with E-state index in [0.29, 0.717) is 22.9 Å². The lowest BCUT2D eigenvalue weighted by Gasteiger charge is -2.26. The summed E-state index contributed by atoms with van der Waals surface area (Å²) < 4.78 is 11.7. The van der Waals surface area contributed by atoms with Gasteiger partial charge in [0, 0.05) is 36.5 Å². The fraction of sp³-hybridized carbons (Fsp3) is 0.280. The zero-order valence-corrected chi connectivity index (χ0v) is 17.6. The average Bonchev–Trinajstić information content (AvgIpc) is 3.50. The van der Waals surface area contributed by atoms with Crippen molar-refractivity contribution in [3.05, 3.63) is 59.8 Å². The number of anilines is 1. The largest absolute Gasteiger partial charge is 0.457 e. The van der Waals surface area contributed by atoms with Crippen molar-refractivity contribution in [1.82, 2.24) is 9.88 Å². The average molecular weight is 413 g/mol. The molecular weight excluding hydrogens is 390 g/mol. The molecule has 2 aliphatic rings. The Morgan fingerprint density at radius 2 is 1.94 bits per heavy atom. The van der Waals surface area contributed by atoms with Crippen LogP contribution in [-0.2, 0) is 11.3 Å². The number of nitrogens with zero attached hydrogens (tertiary/aromatic N) is 3. The van der Waals surface area contributed by atoms with Crippen molar-refractivity contribution < 1.29 is 13.9 Å². The summed E-state index contributed by atoms with van der Waals surface area (Å²) in [6, 6.07) is 14.7. The molecule has 31 heavy (non-hydrogen) atoms. The van der Waals surface area contributed by atoms with E-state index in [2.05, 4.69) is 41.0 Å². The Morgan fingerprint density at radius 1 is 1.10 bits per heavy atom. The van der Waals surface area contributed by atoms with E-state index in [1.807, 2.05) is 30.3 Å². The van der Waals surface area contributed by atoms with Gasteiger partial charge >= 0.3 is 5.97 Å². The van der Waals surface area contributed by atoms with E-state index in [-0.39, 0.29) is 12.6 Å². The molecule has 2 aromatic carbocycles. The molecule has 6 rings (SSSR count). The zero-order chi connectivity index (χ0) is 21.1.